The summed E-state index contributed by atoms with van der Waals surface area (Å²) in [5.41, 5.74) is 2.98. The Labute approximate surface area is 220 Å². The average Bonchev–Trinajstić information content (AvgIpc) is 2.93. The van der Waals surface area contributed by atoms with Gasteiger partial charge in [-0.25, -0.2) is 0 Å². The molecule has 1 fully saturated rings. The van der Waals surface area contributed by atoms with Gasteiger partial charge in [-0.15, -0.1) is 0 Å². The second-order valence-electron chi connectivity index (χ2n) is 8.61. The number of hydrogen-bond donors (Lipinski definition) is 1. The molecule has 1 aliphatic heterocycles. The predicted molar refractivity (Wildman–Crippen MR) is 144 cm³/mol. The Hall–Kier alpha value is -3.98. The van der Waals surface area contributed by atoms with E-state index in [1.165, 1.54) is 6.07 Å². The van der Waals surface area contributed by atoms with Crippen molar-refractivity contribution in [2.45, 2.75) is 6.42 Å². The fourth-order valence-electron chi connectivity index (χ4n) is 4.34. The maximum atomic E-state index is 12.8. The van der Waals surface area contributed by atoms with Crippen LogP contribution in [0.15, 0.2) is 60.7 Å². The standard InChI is InChI=1S/C27H29ClN4O5/c1-36-25-10-3-19(17-26(25)37-2)11-12-29-23-18-22(8-9-24(23)32(34)35)30-13-15-31(16-14-30)27(33)20-4-6-21(28)7-5-20/h3-10,17-18,29H,11-16H2,1-2H3. The zero-order valence-electron chi connectivity index (χ0n) is 20.8. The van der Waals surface area contributed by atoms with E-state index in [0.29, 0.717) is 66.9 Å². The maximum Gasteiger partial charge on any atom is 0.292 e. The van der Waals surface area contributed by atoms with Crippen molar-refractivity contribution < 1.29 is 19.2 Å². The van der Waals surface area contributed by atoms with E-state index in [2.05, 4.69) is 10.2 Å². The van der Waals surface area contributed by atoms with E-state index in [1.54, 1.807) is 44.6 Å². The molecule has 1 amide bonds. The summed E-state index contributed by atoms with van der Waals surface area (Å²) in [5.74, 6) is 1.26. The number of carbonyl (C=O) groups excluding carboxylic acids is 1. The van der Waals surface area contributed by atoms with Crippen LogP contribution in [-0.2, 0) is 6.42 Å². The first-order chi connectivity index (χ1) is 17.9. The molecule has 10 heteroatoms. The highest BCUT2D eigenvalue weighted by molar-refractivity contribution is 6.30. The first-order valence-corrected chi connectivity index (χ1v) is 12.3. The monoisotopic (exact) mass is 524 g/mol. The highest BCUT2D eigenvalue weighted by atomic mass is 35.5. The SMILES string of the molecule is COc1ccc(CCNc2cc(N3CCN(C(=O)c4ccc(Cl)cc4)CC3)ccc2[N+](=O)[O-])cc1OC. The van der Waals surface area contributed by atoms with Gasteiger partial charge in [0.2, 0.25) is 0 Å². The number of carbonyl (C=O) groups is 1. The lowest BCUT2D eigenvalue weighted by molar-refractivity contribution is -0.383. The van der Waals surface area contributed by atoms with E-state index in [-0.39, 0.29) is 16.5 Å². The largest absolute Gasteiger partial charge is 0.493 e. The molecule has 0 atom stereocenters. The number of nitro benzene ring substituents is 1. The lowest BCUT2D eigenvalue weighted by atomic mass is 10.1. The number of anilines is 2. The van der Waals surface area contributed by atoms with E-state index < -0.39 is 0 Å². The maximum absolute atomic E-state index is 12.8. The molecule has 0 spiro atoms. The van der Waals surface area contributed by atoms with Gasteiger partial charge in [0.05, 0.1) is 19.1 Å². The summed E-state index contributed by atoms with van der Waals surface area (Å²) in [5, 5.41) is 15.5. The van der Waals surface area contributed by atoms with Crippen LogP contribution in [0, 0.1) is 10.1 Å². The molecule has 1 N–H and O–H groups in total. The van der Waals surface area contributed by atoms with Crippen LogP contribution in [0.1, 0.15) is 15.9 Å². The number of amides is 1. The minimum atomic E-state index is -0.384. The third kappa shape index (κ3) is 6.24. The van der Waals surface area contributed by atoms with E-state index in [1.807, 2.05) is 29.2 Å². The van der Waals surface area contributed by atoms with Gasteiger partial charge in [-0.3, -0.25) is 14.9 Å². The van der Waals surface area contributed by atoms with E-state index >= 15 is 0 Å². The number of hydrogen-bond acceptors (Lipinski definition) is 7. The lowest BCUT2D eigenvalue weighted by Crippen LogP contribution is -2.48. The van der Waals surface area contributed by atoms with E-state index in [9.17, 15) is 14.9 Å². The summed E-state index contributed by atoms with van der Waals surface area (Å²) in [4.78, 5) is 28.0. The third-order valence-electron chi connectivity index (χ3n) is 6.38. The van der Waals surface area contributed by atoms with Crippen molar-refractivity contribution in [3.8, 4) is 11.5 Å². The van der Waals surface area contributed by atoms with Crippen molar-refractivity contribution >= 4 is 34.6 Å². The van der Waals surface area contributed by atoms with Crippen LogP contribution >= 0.6 is 11.6 Å². The van der Waals surface area contributed by atoms with Crippen LogP contribution in [-0.4, -0.2) is 62.7 Å². The number of benzene rings is 3. The summed E-state index contributed by atoms with van der Waals surface area (Å²) in [6, 6.07) is 17.7. The number of nitrogens with one attached hydrogen (secondary N) is 1. The zero-order valence-corrected chi connectivity index (χ0v) is 21.5. The fourth-order valence-corrected chi connectivity index (χ4v) is 4.47. The first-order valence-electron chi connectivity index (χ1n) is 11.9. The summed E-state index contributed by atoms with van der Waals surface area (Å²) in [7, 11) is 3.17. The Bertz CT molecular complexity index is 1260. The molecule has 0 aliphatic carbocycles. The Morgan fingerprint density at radius 3 is 2.32 bits per heavy atom. The Morgan fingerprint density at radius 2 is 1.68 bits per heavy atom. The van der Waals surface area contributed by atoms with Gasteiger partial charge in [0.15, 0.2) is 11.5 Å². The second kappa shape index (κ2) is 11.8. The molecule has 0 radical (unpaired) electrons. The minimum Gasteiger partial charge on any atom is -0.493 e. The molecular formula is C27H29ClN4O5. The van der Waals surface area contributed by atoms with Crippen molar-refractivity contribution in [1.29, 1.82) is 0 Å². The molecule has 194 valence electrons. The summed E-state index contributed by atoms with van der Waals surface area (Å²) >= 11 is 5.93. The highest BCUT2D eigenvalue weighted by Crippen LogP contribution is 2.31. The molecule has 0 bridgehead atoms. The molecule has 4 rings (SSSR count). The van der Waals surface area contributed by atoms with Crippen LogP contribution in [0.5, 0.6) is 11.5 Å². The Kier molecular flexibility index (Phi) is 8.35. The molecule has 1 heterocycles. The first kappa shape index (κ1) is 26.1. The van der Waals surface area contributed by atoms with Crippen LogP contribution in [0.3, 0.4) is 0 Å². The summed E-state index contributed by atoms with van der Waals surface area (Å²) in [6.45, 7) is 2.87. The normalized spacial score (nSPS) is 13.3. The highest BCUT2D eigenvalue weighted by Gasteiger charge is 2.24. The number of halogens is 1. The molecular weight excluding hydrogens is 496 g/mol. The van der Waals surface area contributed by atoms with Crippen molar-refractivity contribution in [3.63, 3.8) is 0 Å². The molecule has 3 aromatic carbocycles. The molecule has 9 nitrogen and oxygen atoms in total. The topological polar surface area (TPSA) is 97.2 Å². The number of methoxy groups -OCH3 is 2. The summed E-state index contributed by atoms with van der Waals surface area (Å²) < 4.78 is 10.6. The van der Waals surface area contributed by atoms with Gasteiger partial charge >= 0.3 is 0 Å². The number of ether oxygens (including phenoxy) is 2. The predicted octanol–water partition coefficient (Wildman–Crippen LogP) is 4.88. The van der Waals surface area contributed by atoms with Crippen LogP contribution in [0.25, 0.3) is 0 Å². The van der Waals surface area contributed by atoms with Crippen LogP contribution < -0.4 is 19.7 Å². The van der Waals surface area contributed by atoms with Gasteiger partial charge in [-0.05, 0) is 60.5 Å². The van der Waals surface area contributed by atoms with Crippen molar-refractivity contribution in [3.05, 3.63) is 86.9 Å². The molecule has 37 heavy (non-hydrogen) atoms. The minimum absolute atomic E-state index is 0.0209. The van der Waals surface area contributed by atoms with Gasteiger partial charge in [0.1, 0.15) is 5.69 Å². The molecule has 1 aliphatic rings. The second-order valence-corrected chi connectivity index (χ2v) is 9.05. The number of rotatable bonds is 9. The van der Waals surface area contributed by atoms with Gasteiger partial charge in [0, 0.05) is 55.1 Å². The van der Waals surface area contributed by atoms with Gasteiger partial charge in [-0.2, -0.15) is 0 Å². The van der Waals surface area contributed by atoms with Crippen LogP contribution in [0.2, 0.25) is 5.02 Å². The van der Waals surface area contributed by atoms with Gasteiger partial charge < -0.3 is 24.6 Å². The lowest BCUT2D eigenvalue weighted by Gasteiger charge is -2.36. The Balaban J connectivity index is 1.40. The smallest absolute Gasteiger partial charge is 0.292 e. The van der Waals surface area contributed by atoms with Gasteiger partial charge in [-0.1, -0.05) is 17.7 Å². The zero-order chi connectivity index (χ0) is 26.4. The molecule has 0 aromatic heterocycles. The number of piperazine rings is 1. The molecule has 0 saturated carbocycles. The van der Waals surface area contributed by atoms with E-state index in [4.69, 9.17) is 21.1 Å². The molecule has 1 saturated heterocycles. The third-order valence-corrected chi connectivity index (χ3v) is 6.63. The van der Waals surface area contributed by atoms with Crippen molar-refractivity contribution in [2.24, 2.45) is 0 Å². The molecule has 0 unspecified atom stereocenters. The molecule has 3 aromatic rings. The quantitative estimate of drug-likeness (QED) is 0.314. The van der Waals surface area contributed by atoms with Crippen molar-refractivity contribution in [1.82, 2.24) is 4.90 Å². The number of nitro groups is 1. The number of nitrogens with zero attached hydrogens (tertiary/aromatic N) is 3. The van der Waals surface area contributed by atoms with Crippen molar-refractivity contribution in [2.75, 3.05) is 57.2 Å². The Morgan fingerprint density at radius 1 is 0.973 bits per heavy atom. The van der Waals surface area contributed by atoms with E-state index in [0.717, 1.165) is 11.3 Å². The van der Waals surface area contributed by atoms with Crippen LogP contribution in [0.4, 0.5) is 17.1 Å². The summed E-state index contributed by atoms with van der Waals surface area (Å²) in [6.07, 6.45) is 0.646. The average molecular weight is 525 g/mol. The fraction of sp³-hybridized carbons (Fsp3) is 0.296. The van der Waals surface area contributed by atoms with Gasteiger partial charge in [0.25, 0.3) is 11.6 Å².